The van der Waals surface area contributed by atoms with Gasteiger partial charge in [-0.1, -0.05) is 0 Å². The number of furan rings is 1. The predicted octanol–water partition coefficient (Wildman–Crippen LogP) is 3.31. The van der Waals surface area contributed by atoms with Crippen molar-refractivity contribution in [3.05, 3.63) is 48.9 Å². The van der Waals surface area contributed by atoms with Crippen LogP contribution in [-0.2, 0) is 0 Å². The molecule has 2 heterocycles. The lowest BCUT2D eigenvalue weighted by atomic mass is 10.2. The Morgan fingerprint density at radius 1 is 1.00 bits per heavy atom. The summed E-state index contributed by atoms with van der Waals surface area (Å²) in [4.78, 5) is 4.13. The number of aromatic hydroxyl groups is 1. The Bertz CT molecular complexity index is 608. The van der Waals surface area contributed by atoms with E-state index in [-0.39, 0.29) is 5.75 Å². The zero-order chi connectivity index (χ0) is 11.7. The maximum atomic E-state index is 9.20. The molecule has 3 rings (SSSR count). The van der Waals surface area contributed by atoms with Gasteiger partial charge in [-0.3, -0.25) is 0 Å². The lowest BCUT2D eigenvalue weighted by molar-refractivity contribution is 0.475. The Morgan fingerprint density at radius 3 is 2.53 bits per heavy atom. The third kappa shape index (κ3) is 1.80. The van der Waals surface area contributed by atoms with Gasteiger partial charge in [-0.15, -0.1) is 0 Å². The fraction of sp³-hybridized carbons (Fsp3) is 0. The Balaban J connectivity index is 1.98. The Kier molecular flexibility index (Phi) is 2.19. The highest BCUT2D eigenvalue weighted by atomic mass is 16.4. The van der Waals surface area contributed by atoms with E-state index in [0.717, 1.165) is 5.56 Å². The maximum Gasteiger partial charge on any atom is 0.263 e. The van der Waals surface area contributed by atoms with Crippen LogP contribution in [0.15, 0.2) is 57.7 Å². The summed E-state index contributed by atoms with van der Waals surface area (Å²) in [6, 6.07) is 10.3. The van der Waals surface area contributed by atoms with Crippen molar-refractivity contribution in [3.63, 3.8) is 0 Å². The lowest BCUT2D eigenvalue weighted by Crippen LogP contribution is -1.72. The first-order valence-electron chi connectivity index (χ1n) is 5.12. The summed E-state index contributed by atoms with van der Waals surface area (Å²) in [6.45, 7) is 0. The second kappa shape index (κ2) is 3.83. The molecule has 0 aliphatic rings. The minimum atomic E-state index is 0.222. The van der Waals surface area contributed by atoms with E-state index in [1.807, 2.05) is 0 Å². The van der Waals surface area contributed by atoms with Gasteiger partial charge in [-0.2, -0.15) is 0 Å². The molecular formula is C13H9NO3. The van der Waals surface area contributed by atoms with Gasteiger partial charge in [0.25, 0.3) is 5.89 Å². The summed E-state index contributed by atoms with van der Waals surface area (Å²) >= 11 is 0. The molecule has 0 radical (unpaired) electrons. The van der Waals surface area contributed by atoms with Gasteiger partial charge in [0.15, 0.2) is 11.5 Å². The van der Waals surface area contributed by atoms with Crippen LogP contribution in [0.3, 0.4) is 0 Å². The maximum absolute atomic E-state index is 9.20. The first-order valence-corrected chi connectivity index (χ1v) is 5.12. The van der Waals surface area contributed by atoms with Gasteiger partial charge < -0.3 is 13.9 Å². The van der Waals surface area contributed by atoms with Crippen molar-refractivity contribution in [1.82, 2.24) is 4.98 Å². The molecule has 0 saturated heterocycles. The number of nitrogens with zero attached hydrogens (tertiary/aromatic N) is 1. The third-order valence-corrected chi connectivity index (χ3v) is 2.39. The first-order chi connectivity index (χ1) is 8.33. The Labute approximate surface area is 97.1 Å². The summed E-state index contributed by atoms with van der Waals surface area (Å²) in [5, 5.41) is 9.20. The van der Waals surface area contributed by atoms with Gasteiger partial charge in [0.05, 0.1) is 12.5 Å². The highest BCUT2D eigenvalue weighted by Crippen LogP contribution is 2.27. The molecule has 0 amide bonds. The van der Waals surface area contributed by atoms with E-state index >= 15 is 0 Å². The largest absolute Gasteiger partial charge is 0.508 e. The fourth-order valence-corrected chi connectivity index (χ4v) is 1.55. The molecule has 0 spiro atoms. The van der Waals surface area contributed by atoms with Gasteiger partial charge in [-0.25, -0.2) is 4.98 Å². The molecule has 4 heteroatoms. The van der Waals surface area contributed by atoms with E-state index in [9.17, 15) is 5.11 Å². The van der Waals surface area contributed by atoms with Crippen molar-refractivity contribution in [2.45, 2.75) is 0 Å². The quantitative estimate of drug-likeness (QED) is 0.729. The Hall–Kier alpha value is -2.49. The van der Waals surface area contributed by atoms with Gasteiger partial charge in [0.1, 0.15) is 5.75 Å². The highest BCUT2D eigenvalue weighted by Gasteiger charge is 2.10. The van der Waals surface area contributed by atoms with Crippen molar-refractivity contribution in [3.8, 4) is 28.7 Å². The number of benzene rings is 1. The number of hydrogen-bond donors (Lipinski definition) is 1. The van der Waals surface area contributed by atoms with Crippen molar-refractivity contribution in [1.29, 1.82) is 0 Å². The number of hydrogen-bond acceptors (Lipinski definition) is 4. The zero-order valence-electron chi connectivity index (χ0n) is 8.83. The minimum Gasteiger partial charge on any atom is -0.508 e. The van der Waals surface area contributed by atoms with Crippen molar-refractivity contribution >= 4 is 0 Å². The molecule has 0 aliphatic heterocycles. The van der Waals surface area contributed by atoms with E-state index in [0.29, 0.717) is 17.4 Å². The summed E-state index contributed by atoms with van der Waals surface area (Å²) in [5.74, 6) is 1.89. The van der Waals surface area contributed by atoms with Crippen LogP contribution in [0.2, 0.25) is 0 Å². The Morgan fingerprint density at radius 2 is 1.82 bits per heavy atom. The molecule has 4 nitrogen and oxygen atoms in total. The van der Waals surface area contributed by atoms with Crippen molar-refractivity contribution in [2.24, 2.45) is 0 Å². The smallest absolute Gasteiger partial charge is 0.263 e. The van der Waals surface area contributed by atoms with E-state index in [1.165, 1.54) is 0 Å². The van der Waals surface area contributed by atoms with E-state index in [1.54, 1.807) is 48.9 Å². The zero-order valence-corrected chi connectivity index (χ0v) is 8.83. The lowest BCUT2D eigenvalue weighted by Gasteiger charge is -1.95. The molecule has 0 saturated carbocycles. The fourth-order valence-electron chi connectivity index (χ4n) is 1.55. The second-order valence-electron chi connectivity index (χ2n) is 3.55. The summed E-state index contributed by atoms with van der Waals surface area (Å²) < 4.78 is 10.8. The SMILES string of the molecule is Oc1ccc(-c2cnc(-c3ccco3)o2)cc1. The van der Waals surface area contributed by atoms with Gasteiger partial charge in [0, 0.05) is 5.56 Å². The van der Waals surface area contributed by atoms with Crippen LogP contribution in [0, 0.1) is 0 Å². The standard InChI is InChI=1S/C13H9NO3/c15-10-5-3-9(4-6-10)12-8-14-13(17-12)11-2-1-7-16-11/h1-8,15H. The molecule has 0 fully saturated rings. The highest BCUT2D eigenvalue weighted by molar-refractivity contribution is 5.59. The number of aromatic nitrogens is 1. The van der Waals surface area contributed by atoms with Gasteiger partial charge in [0.2, 0.25) is 0 Å². The molecule has 0 unspecified atom stereocenters. The average molecular weight is 227 g/mol. The summed E-state index contributed by atoms with van der Waals surface area (Å²) in [6.07, 6.45) is 3.20. The summed E-state index contributed by atoms with van der Waals surface area (Å²) in [7, 11) is 0. The van der Waals surface area contributed by atoms with Gasteiger partial charge >= 0.3 is 0 Å². The second-order valence-corrected chi connectivity index (χ2v) is 3.55. The van der Waals surface area contributed by atoms with Crippen LogP contribution < -0.4 is 0 Å². The van der Waals surface area contributed by atoms with Gasteiger partial charge in [-0.05, 0) is 36.4 Å². The monoisotopic (exact) mass is 227 g/mol. The molecule has 1 aromatic carbocycles. The first kappa shape index (κ1) is 9.72. The van der Waals surface area contributed by atoms with Crippen LogP contribution in [0.5, 0.6) is 5.75 Å². The predicted molar refractivity (Wildman–Crippen MR) is 61.3 cm³/mol. The molecule has 1 N–H and O–H groups in total. The van der Waals surface area contributed by atoms with Crippen molar-refractivity contribution < 1.29 is 13.9 Å². The van der Waals surface area contributed by atoms with Crippen LogP contribution >= 0.6 is 0 Å². The molecule has 2 aromatic heterocycles. The molecule has 0 aliphatic carbocycles. The van der Waals surface area contributed by atoms with E-state index in [2.05, 4.69) is 4.98 Å². The average Bonchev–Trinajstić information content (AvgIpc) is 3.00. The van der Waals surface area contributed by atoms with E-state index in [4.69, 9.17) is 8.83 Å². The molecule has 0 bridgehead atoms. The van der Waals surface area contributed by atoms with Crippen LogP contribution in [0.1, 0.15) is 0 Å². The van der Waals surface area contributed by atoms with Crippen LogP contribution in [0.25, 0.3) is 23.0 Å². The molecular weight excluding hydrogens is 218 g/mol. The number of phenols is 1. The minimum absolute atomic E-state index is 0.222. The molecule has 17 heavy (non-hydrogen) atoms. The normalized spacial score (nSPS) is 10.6. The number of phenolic OH excluding ortho intramolecular Hbond substituents is 1. The third-order valence-electron chi connectivity index (χ3n) is 2.39. The van der Waals surface area contributed by atoms with E-state index < -0.39 is 0 Å². The summed E-state index contributed by atoms with van der Waals surface area (Å²) in [5.41, 5.74) is 0.855. The van der Waals surface area contributed by atoms with Crippen LogP contribution in [0.4, 0.5) is 0 Å². The molecule has 84 valence electrons. The van der Waals surface area contributed by atoms with Crippen molar-refractivity contribution in [2.75, 3.05) is 0 Å². The number of rotatable bonds is 2. The molecule has 0 atom stereocenters. The van der Waals surface area contributed by atoms with Crippen LogP contribution in [-0.4, -0.2) is 10.1 Å². The number of oxazole rings is 1. The molecule has 3 aromatic rings. The topological polar surface area (TPSA) is 59.4 Å².